The molecule has 2 aromatic rings. The van der Waals surface area contributed by atoms with Crippen LogP contribution in [0.25, 0.3) is 0 Å². The third kappa shape index (κ3) is 3.36. The zero-order valence-corrected chi connectivity index (χ0v) is 12.8. The summed E-state index contributed by atoms with van der Waals surface area (Å²) in [5, 5.41) is 6.18. The normalized spacial score (nSPS) is 10.3. The molecule has 2 N–H and O–H groups in total. The molecule has 0 radical (unpaired) electrons. The molecular formula is C15H19N3OS. The zero-order valence-electron chi connectivity index (χ0n) is 12.0. The summed E-state index contributed by atoms with van der Waals surface area (Å²) < 4.78 is 0. The largest absolute Gasteiger partial charge is 0.385 e. The molecular weight excluding hydrogens is 270 g/mol. The Labute approximate surface area is 123 Å². The van der Waals surface area contributed by atoms with Crippen LogP contribution in [0.5, 0.6) is 0 Å². The smallest absolute Gasteiger partial charge is 0.253 e. The first-order valence-corrected chi connectivity index (χ1v) is 7.51. The van der Waals surface area contributed by atoms with Crippen molar-refractivity contribution >= 4 is 22.9 Å². The zero-order chi connectivity index (χ0) is 14.5. The molecule has 4 nitrogen and oxygen atoms in total. The Balaban J connectivity index is 2.12. The fourth-order valence-corrected chi connectivity index (χ4v) is 2.66. The molecule has 0 aliphatic carbocycles. The van der Waals surface area contributed by atoms with E-state index in [-0.39, 0.29) is 5.91 Å². The molecule has 1 aromatic carbocycles. The van der Waals surface area contributed by atoms with E-state index in [1.165, 1.54) is 0 Å². The summed E-state index contributed by atoms with van der Waals surface area (Å²) in [6, 6.07) is 5.86. The number of carbonyl (C=O) groups excluding carboxylic acids is 1. The minimum Gasteiger partial charge on any atom is -0.385 e. The molecule has 0 saturated heterocycles. The quantitative estimate of drug-likeness (QED) is 0.889. The third-order valence-corrected chi connectivity index (χ3v) is 3.98. The number of nitrogens with one attached hydrogen (secondary N) is 2. The third-order valence-electron chi connectivity index (χ3n) is 3.04. The van der Waals surface area contributed by atoms with Crippen LogP contribution in [0.2, 0.25) is 0 Å². The summed E-state index contributed by atoms with van der Waals surface area (Å²) in [5.74, 6) is -0.0579. The van der Waals surface area contributed by atoms with Gasteiger partial charge in [-0.15, -0.1) is 11.3 Å². The van der Waals surface area contributed by atoms with Crippen molar-refractivity contribution in [3.63, 3.8) is 0 Å². The van der Waals surface area contributed by atoms with E-state index in [0.717, 1.165) is 28.4 Å². The first-order chi connectivity index (χ1) is 9.61. The Kier molecular flexibility index (Phi) is 4.74. The van der Waals surface area contributed by atoms with Gasteiger partial charge in [-0.3, -0.25) is 4.79 Å². The Morgan fingerprint density at radius 3 is 2.80 bits per heavy atom. The van der Waals surface area contributed by atoms with Gasteiger partial charge in [-0.2, -0.15) is 0 Å². The van der Waals surface area contributed by atoms with Gasteiger partial charge < -0.3 is 10.6 Å². The second-order valence-electron chi connectivity index (χ2n) is 4.62. The van der Waals surface area contributed by atoms with Crippen LogP contribution in [-0.4, -0.2) is 17.4 Å². The molecule has 0 bridgehead atoms. The minimum absolute atomic E-state index is 0.0579. The van der Waals surface area contributed by atoms with E-state index in [9.17, 15) is 4.79 Å². The molecule has 0 spiro atoms. The van der Waals surface area contributed by atoms with Gasteiger partial charge in [0, 0.05) is 17.1 Å². The van der Waals surface area contributed by atoms with E-state index < -0.39 is 0 Å². The Hall–Kier alpha value is -1.88. The lowest BCUT2D eigenvalue weighted by Gasteiger charge is -2.12. The van der Waals surface area contributed by atoms with Crippen LogP contribution in [0.3, 0.4) is 0 Å². The fraction of sp³-hybridized carbons (Fsp3) is 0.333. The number of carbonyl (C=O) groups is 1. The summed E-state index contributed by atoms with van der Waals surface area (Å²) in [7, 11) is 0. The van der Waals surface area contributed by atoms with E-state index in [1.807, 2.05) is 39.0 Å². The molecule has 0 saturated carbocycles. The number of amides is 1. The summed E-state index contributed by atoms with van der Waals surface area (Å²) in [5.41, 5.74) is 5.41. The molecule has 2 rings (SSSR count). The maximum absolute atomic E-state index is 12.3. The van der Waals surface area contributed by atoms with Gasteiger partial charge in [-0.05, 0) is 32.9 Å². The molecule has 20 heavy (non-hydrogen) atoms. The van der Waals surface area contributed by atoms with Crippen LogP contribution in [0.4, 0.5) is 5.69 Å². The maximum atomic E-state index is 12.3. The number of benzene rings is 1. The lowest BCUT2D eigenvalue weighted by Crippen LogP contribution is -2.24. The maximum Gasteiger partial charge on any atom is 0.253 e. The number of aromatic nitrogens is 1. The van der Waals surface area contributed by atoms with Gasteiger partial charge in [-0.1, -0.05) is 11.6 Å². The van der Waals surface area contributed by atoms with E-state index >= 15 is 0 Å². The lowest BCUT2D eigenvalue weighted by atomic mass is 10.1. The van der Waals surface area contributed by atoms with Crippen molar-refractivity contribution in [2.24, 2.45) is 0 Å². The molecule has 0 aliphatic heterocycles. The summed E-state index contributed by atoms with van der Waals surface area (Å²) in [4.78, 5) is 17.6. The van der Waals surface area contributed by atoms with Crippen LogP contribution in [0, 0.1) is 13.8 Å². The molecule has 0 atom stereocenters. The van der Waals surface area contributed by atoms with Crippen molar-refractivity contribution in [2.75, 3.05) is 11.9 Å². The van der Waals surface area contributed by atoms with Gasteiger partial charge in [0.25, 0.3) is 5.91 Å². The molecule has 1 amide bonds. The van der Waals surface area contributed by atoms with Gasteiger partial charge in [0.2, 0.25) is 0 Å². The highest BCUT2D eigenvalue weighted by Gasteiger charge is 2.12. The predicted molar refractivity (Wildman–Crippen MR) is 83.4 cm³/mol. The van der Waals surface area contributed by atoms with Gasteiger partial charge in [0.15, 0.2) is 0 Å². The SMILES string of the molecule is CCNc1ccc(C)cc1C(=O)NCc1scnc1C. The highest BCUT2D eigenvalue weighted by atomic mass is 32.1. The lowest BCUT2D eigenvalue weighted by molar-refractivity contribution is 0.0952. The molecule has 0 unspecified atom stereocenters. The second-order valence-corrected chi connectivity index (χ2v) is 5.56. The molecule has 106 valence electrons. The van der Waals surface area contributed by atoms with Crippen LogP contribution in [0.1, 0.15) is 33.4 Å². The standard InChI is InChI=1S/C15H19N3OS/c1-4-16-13-6-5-10(2)7-12(13)15(19)17-8-14-11(3)18-9-20-14/h5-7,9,16H,4,8H2,1-3H3,(H,17,19). The highest BCUT2D eigenvalue weighted by Crippen LogP contribution is 2.18. The number of anilines is 1. The van der Waals surface area contributed by atoms with Crippen molar-refractivity contribution in [1.82, 2.24) is 10.3 Å². The van der Waals surface area contributed by atoms with Crippen LogP contribution >= 0.6 is 11.3 Å². The van der Waals surface area contributed by atoms with Crippen LogP contribution < -0.4 is 10.6 Å². The van der Waals surface area contributed by atoms with Crippen molar-refractivity contribution in [2.45, 2.75) is 27.3 Å². The number of thiazole rings is 1. The molecule has 5 heteroatoms. The van der Waals surface area contributed by atoms with E-state index in [1.54, 1.807) is 16.8 Å². The monoisotopic (exact) mass is 289 g/mol. The van der Waals surface area contributed by atoms with Gasteiger partial charge in [-0.25, -0.2) is 4.98 Å². The fourth-order valence-electron chi connectivity index (χ4n) is 1.94. The number of rotatable bonds is 5. The second kappa shape index (κ2) is 6.52. The molecule has 1 heterocycles. The van der Waals surface area contributed by atoms with Crippen molar-refractivity contribution in [1.29, 1.82) is 0 Å². The average Bonchev–Trinajstić information content (AvgIpc) is 2.84. The summed E-state index contributed by atoms with van der Waals surface area (Å²) >= 11 is 1.56. The number of hydrogen-bond donors (Lipinski definition) is 2. The predicted octanol–water partition coefficient (Wildman–Crippen LogP) is 3.12. The molecule has 0 aliphatic rings. The van der Waals surface area contributed by atoms with Gasteiger partial charge in [0.1, 0.15) is 0 Å². The highest BCUT2D eigenvalue weighted by molar-refractivity contribution is 7.09. The Morgan fingerprint density at radius 2 is 2.15 bits per heavy atom. The number of nitrogens with zero attached hydrogens (tertiary/aromatic N) is 1. The van der Waals surface area contributed by atoms with Gasteiger partial charge in [0.05, 0.1) is 23.3 Å². The van der Waals surface area contributed by atoms with Crippen molar-refractivity contribution in [3.8, 4) is 0 Å². The van der Waals surface area contributed by atoms with E-state index in [4.69, 9.17) is 0 Å². The average molecular weight is 289 g/mol. The van der Waals surface area contributed by atoms with Crippen LogP contribution in [-0.2, 0) is 6.54 Å². The number of hydrogen-bond acceptors (Lipinski definition) is 4. The Morgan fingerprint density at radius 1 is 1.35 bits per heavy atom. The Bertz CT molecular complexity index is 607. The van der Waals surface area contributed by atoms with Crippen molar-refractivity contribution < 1.29 is 4.79 Å². The van der Waals surface area contributed by atoms with Crippen LogP contribution in [0.15, 0.2) is 23.7 Å². The molecule has 1 aromatic heterocycles. The van der Waals surface area contributed by atoms with E-state index in [0.29, 0.717) is 12.1 Å². The summed E-state index contributed by atoms with van der Waals surface area (Å²) in [6.07, 6.45) is 0. The number of aryl methyl sites for hydroxylation is 2. The first-order valence-electron chi connectivity index (χ1n) is 6.63. The van der Waals surface area contributed by atoms with Crippen molar-refractivity contribution in [3.05, 3.63) is 45.4 Å². The van der Waals surface area contributed by atoms with Gasteiger partial charge >= 0.3 is 0 Å². The summed E-state index contributed by atoms with van der Waals surface area (Å²) in [6.45, 7) is 7.27. The minimum atomic E-state index is -0.0579. The molecule has 0 fully saturated rings. The first kappa shape index (κ1) is 14.5. The topological polar surface area (TPSA) is 54.0 Å². The van der Waals surface area contributed by atoms with E-state index in [2.05, 4.69) is 15.6 Å².